The van der Waals surface area contributed by atoms with Crippen molar-refractivity contribution in [3.63, 3.8) is 0 Å². The summed E-state index contributed by atoms with van der Waals surface area (Å²) in [7, 11) is 0. The second kappa shape index (κ2) is 5.95. The van der Waals surface area contributed by atoms with Crippen molar-refractivity contribution in [3.8, 4) is 0 Å². The van der Waals surface area contributed by atoms with Gasteiger partial charge in [-0.1, -0.05) is 19.4 Å². The van der Waals surface area contributed by atoms with Gasteiger partial charge in [-0.25, -0.2) is 0 Å². The van der Waals surface area contributed by atoms with Crippen molar-refractivity contribution in [1.29, 1.82) is 0 Å². The van der Waals surface area contributed by atoms with Gasteiger partial charge in [-0.2, -0.15) is 0 Å². The maximum Gasteiger partial charge on any atom is 0.283 e. The Bertz CT molecular complexity index is 482. The minimum atomic E-state index is -0.303. The third-order valence-electron chi connectivity index (χ3n) is 2.62. The average molecular weight is 268 g/mol. The molecule has 0 saturated carbocycles. The van der Waals surface area contributed by atoms with E-state index in [-0.39, 0.29) is 11.5 Å². The summed E-state index contributed by atoms with van der Waals surface area (Å²) in [6, 6.07) is 4.60. The van der Waals surface area contributed by atoms with Crippen LogP contribution in [0.2, 0.25) is 0 Å². The SMILES string of the molecule is CCCCOn1c(C(=O)N2CCS2)cccc1=O. The van der Waals surface area contributed by atoms with Crippen molar-refractivity contribution in [2.75, 3.05) is 18.9 Å². The van der Waals surface area contributed by atoms with E-state index in [4.69, 9.17) is 4.84 Å². The number of hydrogen-bond acceptors (Lipinski definition) is 4. The first-order valence-corrected chi connectivity index (χ1v) is 6.98. The smallest absolute Gasteiger partial charge is 0.283 e. The average Bonchev–Trinajstić information content (AvgIpc) is 2.29. The molecule has 0 aromatic carbocycles. The molecule has 6 heteroatoms. The minimum Gasteiger partial charge on any atom is -0.410 e. The standard InChI is InChI=1S/C12H16N2O3S/c1-2-3-8-17-14-10(5-4-6-11(14)15)12(16)13-7-9-18-13/h4-6H,2-3,7-9H2,1H3. The predicted molar refractivity (Wildman–Crippen MR) is 70.6 cm³/mol. The molecule has 2 heterocycles. The van der Waals surface area contributed by atoms with Crippen LogP contribution in [-0.4, -0.2) is 33.8 Å². The Morgan fingerprint density at radius 2 is 2.28 bits per heavy atom. The van der Waals surface area contributed by atoms with Crippen LogP contribution in [-0.2, 0) is 0 Å². The Kier molecular flexibility index (Phi) is 4.30. The lowest BCUT2D eigenvalue weighted by Crippen LogP contribution is -2.40. The topological polar surface area (TPSA) is 51.5 Å². The molecule has 0 atom stereocenters. The number of amides is 1. The third kappa shape index (κ3) is 2.69. The van der Waals surface area contributed by atoms with Gasteiger partial charge in [0.25, 0.3) is 11.5 Å². The molecule has 1 fully saturated rings. The number of pyridine rings is 1. The zero-order valence-corrected chi connectivity index (χ0v) is 11.1. The van der Waals surface area contributed by atoms with Crippen molar-refractivity contribution in [3.05, 3.63) is 34.2 Å². The zero-order valence-electron chi connectivity index (χ0n) is 10.3. The van der Waals surface area contributed by atoms with E-state index in [0.29, 0.717) is 12.3 Å². The minimum absolute atomic E-state index is 0.166. The van der Waals surface area contributed by atoms with E-state index in [9.17, 15) is 9.59 Å². The summed E-state index contributed by atoms with van der Waals surface area (Å²) in [6.07, 6.45) is 1.83. The first kappa shape index (κ1) is 13.0. The molecule has 1 amide bonds. The largest absolute Gasteiger partial charge is 0.410 e. The van der Waals surface area contributed by atoms with E-state index in [2.05, 4.69) is 0 Å². The maximum atomic E-state index is 12.1. The normalized spacial score (nSPS) is 14.2. The number of carbonyl (C=O) groups is 1. The number of unbranched alkanes of at least 4 members (excludes halogenated alkanes) is 1. The molecule has 5 nitrogen and oxygen atoms in total. The lowest BCUT2D eigenvalue weighted by Gasteiger charge is -2.29. The van der Waals surface area contributed by atoms with E-state index in [1.165, 1.54) is 18.0 Å². The van der Waals surface area contributed by atoms with Gasteiger partial charge in [0.05, 0.1) is 0 Å². The Balaban J connectivity index is 2.19. The molecule has 1 aliphatic heterocycles. The Hall–Kier alpha value is -1.43. The van der Waals surface area contributed by atoms with Gasteiger partial charge in [0.2, 0.25) is 0 Å². The fourth-order valence-electron chi connectivity index (χ4n) is 1.54. The Morgan fingerprint density at radius 1 is 1.50 bits per heavy atom. The Labute approximate surface area is 110 Å². The highest BCUT2D eigenvalue weighted by molar-refractivity contribution is 7.98. The highest BCUT2D eigenvalue weighted by Crippen LogP contribution is 2.22. The van der Waals surface area contributed by atoms with Crippen LogP contribution in [0.25, 0.3) is 0 Å². The second-order valence-corrected chi connectivity index (χ2v) is 5.08. The fourth-order valence-corrected chi connectivity index (χ4v) is 2.11. The summed E-state index contributed by atoms with van der Waals surface area (Å²) in [5, 5.41) is 0. The van der Waals surface area contributed by atoms with Crippen LogP contribution in [0.1, 0.15) is 30.3 Å². The van der Waals surface area contributed by atoms with Gasteiger partial charge in [-0.05, 0) is 24.4 Å². The van der Waals surface area contributed by atoms with Crippen LogP contribution >= 0.6 is 11.9 Å². The molecule has 0 N–H and O–H groups in total. The molecule has 18 heavy (non-hydrogen) atoms. The zero-order chi connectivity index (χ0) is 13.0. The number of carbonyl (C=O) groups excluding carboxylic acids is 1. The monoisotopic (exact) mass is 268 g/mol. The van der Waals surface area contributed by atoms with Crippen LogP contribution < -0.4 is 10.4 Å². The van der Waals surface area contributed by atoms with Crippen LogP contribution in [0.15, 0.2) is 23.0 Å². The van der Waals surface area contributed by atoms with Gasteiger partial charge in [-0.15, -0.1) is 4.73 Å². The van der Waals surface area contributed by atoms with Crippen molar-refractivity contribution >= 4 is 17.9 Å². The van der Waals surface area contributed by atoms with Gasteiger partial charge >= 0.3 is 0 Å². The lowest BCUT2D eigenvalue weighted by atomic mass is 10.3. The molecular weight excluding hydrogens is 252 g/mol. The highest BCUT2D eigenvalue weighted by atomic mass is 32.2. The molecule has 2 rings (SSSR count). The number of rotatable bonds is 5. The van der Waals surface area contributed by atoms with E-state index in [0.717, 1.165) is 29.9 Å². The molecule has 0 radical (unpaired) electrons. The van der Waals surface area contributed by atoms with Crippen molar-refractivity contribution in [2.24, 2.45) is 0 Å². The molecule has 1 aromatic heterocycles. The van der Waals surface area contributed by atoms with E-state index >= 15 is 0 Å². The maximum absolute atomic E-state index is 12.1. The lowest BCUT2D eigenvalue weighted by molar-refractivity contribution is 0.0702. The summed E-state index contributed by atoms with van der Waals surface area (Å²) in [6.45, 7) is 3.20. The molecule has 1 aromatic rings. The molecule has 1 aliphatic rings. The Morgan fingerprint density at radius 3 is 2.89 bits per heavy atom. The summed E-state index contributed by atoms with van der Waals surface area (Å²) in [5.41, 5.74) is -0.00622. The van der Waals surface area contributed by atoms with Gasteiger partial charge in [0.1, 0.15) is 12.3 Å². The second-order valence-electron chi connectivity index (χ2n) is 3.97. The molecule has 0 aliphatic carbocycles. The quantitative estimate of drug-likeness (QED) is 0.594. The van der Waals surface area contributed by atoms with Gasteiger partial charge in [0.15, 0.2) is 0 Å². The van der Waals surface area contributed by atoms with Crippen LogP contribution in [0.5, 0.6) is 0 Å². The van der Waals surface area contributed by atoms with Gasteiger partial charge < -0.3 is 4.84 Å². The molecule has 0 bridgehead atoms. The number of aromatic nitrogens is 1. The third-order valence-corrected chi connectivity index (χ3v) is 3.64. The summed E-state index contributed by atoms with van der Waals surface area (Å²) < 4.78 is 2.74. The van der Waals surface area contributed by atoms with E-state index < -0.39 is 0 Å². The number of hydrogen-bond donors (Lipinski definition) is 0. The predicted octanol–water partition coefficient (Wildman–Crippen LogP) is 1.18. The summed E-state index contributed by atoms with van der Waals surface area (Å²) in [5.74, 6) is 0.778. The first-order chi connectivity index (χ1) is 8.74. The van der Waals surface area contributed by atoms with Gasteiger partial charge in [-0.3, -0.25) is 13.9 Å². The molecule has 1 saturated heterocycles. The molecule has 0 spiro atoms. The summed E-state index contributed by atoms with van der Waals surface area (Å²) >= 11 is 1.46. The molecule has 0 unspecified atom stereocenters. The summed E-state index contributed by atoms with van der Waals surface area (Å²) in [4.78, 5) is 29.2. The first-order valence-electron chi connectivity index (χ1n) is 6.04. The van der Waals surface area contributed by atoms with Crippen molar-refractivity contribution in [2.45, 2.75) is 19.8 Å². The van der Waals surface area contributed by atoms with Crippen molar-refractivity contribution < 1.29 is 9.63 Å². The van der Waals surface area contributed by atoms with Crippen LogP contribution in [0.3, 0.4) is 0 Å². The molecular formula is C12H16N2O3S. The number of nitrogens with zero attached hydrogens (tertiary/aromatic N) is 2. The van der Waals surface area contributed by atoms with Crippen LogP contribution in [0.4, 0.5) is 0 Å². The van der Waals surface area contributed by atoms with E-state index in [1.807, 2.05) is 6.92 Å². The van der Waals surface area contributed by atoms with Crippen LogP contribution in [0, 0.1) is 0 Å². The highest BCUT2D eigenvalue weighted by Gasteiger charge is 2.25. The fraction of sp³-hybridized carbons (Fsp3) is 0.500. The molecule has 98 valence electrons. The van der Waals surface area contributed by atoms with E-state index in [1.54, 1.807) is 16.4 Å². The van der Waals surface area contributed by atoms with Crippen molar-refractivity contribution in [1.82, 2.24) is 9.04 Å². The van der Waals surface area contributed by atoms with Gasteiger partial charge in [0, 0.05) is 18.4 Å².